The third kappa shape index (κ3) is 4.47. The molecule has 4 nitrogen and oxygen atoms in total. The van der Waals surface area contributed by atoms with Gasteiger partial charge in [0.1, 0.15) is 5.82 Å². The smallest absolute Gasteiger partial charge is 0.316 e. The van der Waals surface area contributed by atoms with Crippen LogP contribution in [0.5, 0.6) is 0 Å². The van der Waals surface area contributed by atoms with Gasteiger partial charge >= 0.3 is 5.97 Å². The van der Waals surface area contributed by atoms with Gasteiger partial charge in [-0.2, -0.15) is 0 Å². The lowest BCUT2D eigenvalue weighted by atomic mass is 10.3. The molecule has 20 heavy (non-hydrogen) atoms. The highest BCUT2D eigenvalue weighted by Crippen LogP contribution is 2.27. The summed E-state index contributed by atoms with van der Waals surface area (Å²) in [4.78, 5) is 13.6. The van der Waals surface area contributed by atoms with E-state index in [1.807, 2.05) is 0 Å². The van der Waals surface area contributed by atoms with Crippen molar-refractivity contribution in [2.24, 2.45) is 0 Å². The molecule has 0 fully saturated rings. The van der Waals surface area contributed by atoms with Crippen LogP contribution in [0.3, 0.4) is 0 Å². The maximum Gasteiger partial charge on any atom is 0.316 e. The third-order valence-electron chi connectivity index (χ3n) is 3.31. The third-order valence-corrected chi connectivity index (χ3v) is 4.34. The van der Waals surface area contributed by atoms with Crippen LogP contribution in [0.1, 0.15) is 33.6 Å². The SMILES string of the molecule is CCCCn1c(SCC(=O)OC)ccc1N(CC)CC. The van der Waals surface area contributed by atoms with Crippen LogP contribution in [0.15, 0.2) is 17.2 Å². The van der Waals surface area contributed by atoms with E-state index in [0.717, 1.165) is 37.5 Å². The van der Waals surface area contributed by atoms with Crippen molar-refractivity contribution >= 4 is 23.5 Å². The van der Waals surface area contributed by atoms with E-state index in [2.05, 4.69) is 42.4 Å². The lowest BCUT2D eigenvalue weighted by molar-refractivity contribution is -0.137. The van der Waals surface area contributed by atoms with Crippen molar-refractivity contribution in [2.75, 3.05) is 30.9 Å². The fraction of sp³-hybridized carbons (Fsp3) is 0.667. The minimum atomic E-state index is -0.178. The van der Waals surface area contributed by atoms with E-state index in [1.165, 1.54) is 12.9 Å². The van der Waals surface area contributed by atoms with E-state index in [4.69, 9.17) is 4.74 Å². The molecule has 1 aromatic rings. The second kappa shape index (κ2) is 8.95. The topological polar surface area (TPSA) is 34.5 Å². The first-order chi connectivity index (χ1) is 9.67. The van der Waals surface area contributed by atoms with E-state index in [1.54, 1.807) is 11.8 Å². The minimum Gasteiger partial charge on any atom is -0.468 e. The van der Waals surface area contributed by atoms with E-state index >= 15 is 0 Å². The van der Waals surface area contributed by atoms with Crippen molar-refractivity contribution < 1.29 is 9.53 Å². The highest BCUT2D eigenvalue weighted by molar-refractivity contribution is 7.99. The number of hydrogen-bond donors (Lipinski definition) is 0. The molecule has 1 rings (SSSR count). The highest BCUT2D eigenvalue weighted by Gasteiger charge is 2.13. The molecule has 5 heteroatoms. The molecule has 0 bridgehead atoms. The van der Waals surface area contributed by atoms with Crippen LogP contribution < -0.4 is 4.90 Å². The summed E-state index contributed by atoms with van der Waals surface area (Å²) in [7, 11) is 1.43. The molecule has 0 saturated carbocycles. The van der Waals surface area contributed by atoms with Gasteiger partial charge < -0.3 is 14.2 Å². The number of hydrogen-bond acceptors (Lipinski definition) is 4. The molecule has 0 N–H and O–H groups in total. The molecule has 0 radical (unpaired) electrons. The molecule has 0 aromatic carbocycles. The van der Waals surface area contributed by atoms with Crippen molar-refractivity contribution in [2.45, 2.75) is 45.2 Å². The summed E-state index contributed by atoms with van der Waals surface area (Å²) >= 11 is 1.55. The summed E-state index contributed by atoms with van der Waals surface area (Å²) in [6.07, 6.45) is 2.31. The van der Waals surface area contributed by atoms with Gasteiger partial charge in [0.15, 0.2) is 0 Å². The average Bonchev–Trinajstić information content (AvgIpc) is 2.87. The van der Waals surface area contributed by atoms with Crippen LogP contribution in [0.25, 0.3) is 0 Å². The second-order valence-corrected chi connectivity index (χ2v) is 5.57. The molecule has 0 saturated heterocycles. The van der Waals surface area contributed by atoms with Gasteiger partial charge in [-0.1, -0.05) is 25.1 Å². The Morgan fingerprint density at radius 3 is 2.55 bits per heavy atom. The van der Waals surface area contributed by atoms with Crippen LogP contribution in [-0.4, -0.2) is 36.5 Å². The van der Waals surface area contributed by atoms with E-state index < -0.39 is 0 Å². The average molecular weight is 298 g/mol. The quantitative estimate of drug-likeness (QED) is 0.517. The first kappa shape index (κ1) is 17.0. The Bertz CT molecular complexity index is 414. The number of methoxy groups -OCH3 is 1. The summed E-state index contributed by atoms with van der Waals surface area (Å²) in [5, 5.41) is 1.14. The Balaban J connectivity index is 2.89. The number of aromatic nitrogens is 1. The fourth-order valence-electron chi connectivity index (χ4n) is 2.12. The van der Waals surface area contributed by atoms with Crippen molar-refractivity contribution in [1.29, 1.82) is 0 Å². The number of ether oxygens (including phenoxy) is 1. The zero-order valence-corrected chi connectivity index (χ0v) is 13.8. The Hall–Kier alpha value is -1.10. The van der Waals surface area contributed by atoms with Crippen molar-refractivity contribution in [3.63, 3.8) is 0 Å². The van der Waals surface area contributed by atoms with Crippen LogP contribution in [0, 0.1) is 0 Å². The lowest BCUT2D eigenvalue weighted by Gasteiger charge is -2.24. The first-order valence-corrected chi connectivity index (χ1v) is 8.30. The zero-order valence-electron chi connectivity index (χ0n) is 13.0. The second-order valence-electron chi connectivity index (χ2n) is 4.57. The van der Waals surface area contributed by atoms with Crippen LogP contribution in [-0.2, 0) is 16.1 Å². The first-order valence-electron chi connectivity index (χ1n) is 7.31. The predicted molar refractivity (Wildman–Crippen MR) is 85.6 cm³/mol. The molecule has 1 heterocycles. The number of anilines is 1. The normalized spacial score (nSPS) is 10.6. The highest BCUT2D eigenvalue weighted by atomic mass is 32.2. The molecule has 114 valence electrons. The maximum atomic E-state index is 11.3. The molecule has 0 aliphatic rings. The van der Waals surface area contributed by atoms with E-state index in [-0.39, 0.29) is 5.97 Å². The van der Waals surface area contributed by atoms with Crippen LogP contribution >= 0.6 is 11.8 Å². The Kier molecular flexibility index (Phi) is 7.59. The van der Waals surface area contributed by atoms with Gasteiger partial charge in [0.25, 0.3) is 0 Å². The summed E-state index contributed by atoms with van der Waals surface area (Å²) in [5.41, 5.74) is 0. The van der Waals surface area contributed by atoms with Crippen LogP contribution in [0.4, 0.5) is 5.82 Å². The standard InChI is InChI=1S/C15H26N2O2S/c1-5-8-11-17-13(16(6-2)7-3)9-10-14(17)20-12-15(18)19-4/h9-10H,5-8,11-12H2,1-4H3. The summed E-state index contributed by atoms with van der Waals surface area (Å²) in [5.74, 6) is 1.43. The number of rotatable bonds is 9. The lowest BCUT2D eigenvalue weighted by Crippen LogP contribution is -2.25. The number of nitrogens with zero attached hydrogens (tertiary/aromatic N) is 2. The van der Waals surface area contributed by atoms with Gasteiger partial charge in [-0.25, -0.2) is 0 Å². The minimum absolute atomic E-state index is 0.178. The van der Waals surface area contributed by atoms with Crippen molar-refractivity contribution in [3.05, 3.63) is 12.1 Å². The van der Waals surface area contributed by atoms with Crippen molar-refractivity contribution in [1.82, 2.24) is 4.57 Å². The molecular weight excluding hydrogens is 272 g/mol. The maximum absolute atomic E-state index is 11.3. The van der Waals surface area contributed by atoms with E-state index in [0.29, 0.717) is 5.75 Å². The van der Waals surface area contributed by atoms with Crippen molar-refractivity contribution in [3.8, 4) is 0 Å². The van der Waals surface area contributed by atoms with Crippen LogP contribution in [0.2, 0.25) is 0 Å². The predicted octanol–water partition coefficient (Wildman–Crippen LogP) is 3.40. The fourth-order valence-corrected chi connectivity index (χ4v) is 3.01. The van der Waals surface area contributed by atoms with Gasteiger partial charge in [0.2, 0.25) is 0 Å². The molecule has 0 aliphatic heterocycles. The van der Waals surface area contributed by atoms with Gasteiger partial charge in [-0.15, -0.1) is 0 Å². The monoisotopic (exact) mass is 298 g/mol. The number of esters is 1. The zero-order chi connectivity index (χ0) is 15.0. The molecule has 0 atom stereocenters. The number of carbonyl (C=O) groups is 1. The largest absolute Gasteiger partial charge is 0.468 e. The Labute approximate surface area is 126 Å². The molecule has 0 spiro atoms. The van der Waals surface area contributed by atoms with Gasteiger partial charge in [0, 0.05) is 19.6 Å². The van der Waals surface area contributed by atoms with Gasteiger partial charge in [-0.3, -0.25) is 4.79 Å². The number of unbranched alkanes of at least 4 members (excludes halogenated alkanes) is 1. The Morgan fingerprint density at radius 2 is 2.00 bits per heavy atom. The van der Waals surface area contributed by atoms with Gasteiger partial charge in [0.05, 0.1) is 17.9 Å². The molecule has 0 unspecified atom stereocenters. The van der Waals surface area contributed by atoms with E-state index in [9.17, 15) is 4.79 Å². The summed E-state index contributed by atoms with van der Waals surface area (Å²) in [6, 6.07) is 4.26. The number of thioether (sulfide) groups is 1. The molecule has 1 aromatic heterocycles. The summed E-state index contributed by atoms with van der Waals surface area (Å²) < 4.78 is 7.03. The molecule has 0 aliphatic carbocycles. The Morgan fingerprint density at radius 1 is 1.30 bits per heavy atom. The van der Waals surface area contributed by atoms with Gasteiger partial charge in [-0.05, 0) is 32.4 Å². The molecule has 0 amide bonds. The number of carbonyl (C=O) groups excluding carboxylic acids is 1. The summed E-state index contributed by atoms with van der Waals surface area (Å²) in [6.45, 7) is 9.52. The molecular formula is C15H26N2O2S.